The van der Waals surface area contributed by atoms with E-state index in [0.717, 1.165) is 5.69 Å². The Bertz CT molecular complexity index is 1290. The second kappa shape index (κ2) is 9.41. The maximum absolute atomic E-state index is 13.3. The van der Waals surface area contributed by atoms with Gasteiger partial charge in [-0.3, -0.25) is 14.5 Å². The minimum atomic E-state index is -0.874. The normalized spacial score (nSPS) is 17.2. The molecule has 1 aliphatic rings. The van der Waals surface area contributed by atoms with Crippen LogP contribution in [0, 0.1) is 0 Å². The zero-order chi connectivity index (χ0) is 24.6. The largest absolute Gasteiger partial charge is 0.507 e. The number of Topliss-reactive ketones (excluding diaryl/α,β-unsaturated/α-hetero) is 1. The second-order valence-electron chi connectivity index (χ2n) is 7.96. The predicted octanol–water partition coefficient (Wildman–Crippen LogP) is 5.69. The molecule has 0 saturated carbocycles. The first-order valence-electron chi connectivity index (χ1n) is 10.4. The fraction of sp³-hybridized carbons (Fsp3) is 0.154. The van der Waals surface area contributed by atoms with E-state index in [0.29, 0.717) is 11.3 Å². The van der Waals surface area contributed by atoms with E-state index in [1.165, 1.54) is 24.1 Å². The Morgan fingerprint density at radius 1 is 1.00 bits per heavy atom. The van der Waals surface area contributed by atoms with Crippen LogP contribution in [0.4, 0.5) is 11.4 Å². The molecule has 8 heteroatoms. The van der Waals surface area contributed by atoms with E-state index in [9.17, 15) is 14.7 Å². The van der Waals surface area contributed by atoms with Gasteiger partial charge in [0, 0.05) is 30.5 Å². The zero-order valence-corrected chi connectivity index (χ0v) is 20.3. The van der Waals surface area contributed by atoms with Crippen molar-refractivity contribution in [2.24, 2.45) is 0 Å². The standard InChI is InChI=1S/C26H22Cl2N2O4/c1-29(2)17-11-9-15(10-12-17)22-21(23(31)19-13-16(27)14-20(28)25(19)34-3)24(32)26(33)30(22)18-7-5-4-6-8-18/h4-14,22,31H,1-3H3/b23-21+. The lowest BCUT2D eigenvalue weighted by Crippen LogP contribution is -2.29. The number of carbonyl (C=O) groups is 2. The molecular weight excluding hydrogens is 475 g/mol. The highest BCUT2D eigenvalue weighted by Crippen LogP contribution is 2.45. The van der Waals surface area contributed by atoms with Gasteiger partial charge in [-0.2, -0.15) is 0 Å². The summed E-state index contributed by atoms with van der Waals surface area (Å²) in [7, 11) is 5.23. The number of hydrogen-bond donors (Lipinski definition) is 1. The van der Waals surface area contributed by atoms with E-state index in [1.807, 2.05) is 49.3 Å². The number of nitrogens with zero attached hydrogens (tertiary/aromatic N) is 2. The van der Waals surface area contributed by atoms with Crippen LogP contribution in [-0.4, -0.2) is 38.0 Å². The third kappa shape index (κ3) is 4.11. The monoisotopic (exact) mass is 496 g/mol. The molecule has 1 atom stereocenters. The van der Waals surface area contributed by atoms with Crippen molar-refractivity contribution in [2.45, 2.75) is 6.04 Å². The van der Waals surface area contributed by atoms with E-state index in [1.54, 1.807) is 24.3 Å². The molecule has 34 heavy (non-hydrogen) atoms. The summed E-state index contributed by atoms with van der Waals surface area (Å²) in [6.45, 7) is 0. The Morgan fingerprint density at radius 3 is 2.24 bits per heavy atom. The van der Waals surface area contributed by atoms with Crippen molar-refractivity contribution >= 4 is 52.0 Å². The molecule has 3 aromatic carbocycles. The molecule has 4 rings (SSSR count). The number of carbonyl (C=O) groups excluding carboxylic acids is 2. The van der Waals surface area contributed by atoms with Crippen molar-refractivity contribution < 1.29 is 19.4 Å². The van der Waals surface area contributed by atoms with Crippen molar-refractivity contribution in [2.75, 3.05) is 31.0 Å². The second-order valence-corrected chi connectivity index (χ2v) is 8.80. The zero-order valence-electron chi connectivity index (χ0n) is 18.8. The number of para-hydroxylation sites is 1. The maximum Gasteiger partial charge on any atom is 0.300 e. The smallest absolute Gasteiger partial charge is 0.300 e. The molecule has 1 N–H and O–H groups in total. The van der Waals surface area contributed by atoms with Gasteiger partial charge in [-0.1, -0.05) is 53.5 Å². The van der Waals surface area contributed by atoms with Crippen LogP contribution in [0.2, 0.25) is 10.0 Å². The van der Waals surface area contributed by atoms with Gasteiger partial charge in [0.05, 0.1) is 29.3 Å². The van der Waals surface area contributed by atoms with Gasteiger partial charge in [0.15, 0.2) is 0 Å². The Labute approximate surface area is 207 Å². The van der Waals surface area contributed by atoms with Gasteiger partial charge in [-0.15, -0.1) is 0 Å². The summed E-state index contributed by atoms with van der Waals surface area (Å²) >= 11 is 12.4. The van der Waals surface area contributed by atoms with E-state index in [4.69, 9.17) is 27.9 Å². The highest BCUT2D eigenvalue weighted by molar-refractivity contribution is 6.51. The number of halogens is 2. The van der Waals surface area contributed by atoms with Crippen LogP contribution < -0.4 is 14.5 Å². The van der Waals surface area contributed by atoms with Crippen LogP contribution in [-0.2, 0) is 9.59 Å². The highest BCUT2D eigenvalue weighted by Gasteiger charge is 2.47. The van der Waals surface area contributed by atoms with Crippen molar-refractivity contribution in [1.29, 1.82) is 0 Å². The molecule has 0 aromatic heterocycles. The van der Waals surface area contributed by atoms with Crippen molar-refractivity contribution in [3.05, 3.63) is 93.5 Å². The fourth-order valence-electron chi connectivity index (χ4n) is 4.05. The van der Waals surface area contributed by atoms with Gasteiger partial charge in [0.1, 0.15) is 11.5 Å². The van der Waals surface area contributed by atoms with Gasteiger partial charge in [0.2, 0.25) is 0 Å². The molecule has 1 saturated heterocycles. The summed E-state index contributed by atoms with van der Waals surface area (Å²) in [4.78, 5) is 29.9. The Kier molecular flexibility index (Phi) is 6.55. The van der Waals surface area contributed by atoms with Crippen LogP contribution in [0.15, 0.2) is 72.3 Å². The number of anilines is 2. The van der Waals surface area contributed by atoms with Gasteiger partial charge >= 0.3 is 0 Å². The first kappa shape index (κ1) is 23.7. The predicted molar refractivity (Wildman–Crippen MR) is 135 cm³/mol. The SMILES string of the molecule is COc1c(Cl)cc(Cl)cc1/C(O)=C1\C(=O)C(=O)N(c2ccccc2)C1c1ccc(N(C)C)cc1. The number of benzene rings is 3. The van der Waals surface area contributed by atoms with Crippen LogP contribution in [0.3, 0.4) is 0 Å². The molecule has 0 bridgehead atoms. The Morgan fingerprint density at radius 2 is 1.65 bits per heavy atom. The van der Waals surface area contributed by atoms with Crippen LogP contribution >= 0.6 is 23.2 Å². The van der Waals surface area contributed by atoms with E-state index in [2.05, 4.69) is 0 Å². The molecule has 174 valence electrons. The number of rotatable bonds is 5. The van der Waals surface area contributed by atoms with Crippen LogP contribution in [0.5, 0.6) is 5.75 Å². The Hall–Kier alpha value is -3.48. The number of ether oxygens (including phenoxy) is 1. The van der Waals surface area contributed by atoms with Crippen molar-refractivity contribution in [3.8, 4) is 5.75 Å². The summed E-state index contributed by atoms with van der Waals surface area (Å²) < 4.78 is 5.37. The minimum Gasteiger partial charge on any atom is -0.507 e. The number of methoxy groups -OCH3 is 1. The number of aliphatic hydroxyl groups is 1. The summed E-state index contributed by atoms with van der Waals surface area (Å²) in [5.41, 5.74) is 2.18. The lowest BCUT2D eigenvalue weighted by atomic mass is 9.94. The first-order valence-corrected chi connectivity index (χ1v) is 11.2. The summed E-state index contributed by atoms with van der Waals surface area (Å²) in [6.07, 6.45) is 0. The van der Waals surface area contributed by atoms with Gasteiger partial charge in [-0.25, -0.2) is 0 Å². The molecular formula is C26H22Cl2N2O4. The van der Waals surface area contributed by atoms with Gasteiger partial charge < -0.3 is 14.7 Å². The molecule has 0 radical (unpaired) electrons. The molecule has 0 spiro atoms. The molecule has 1 fully saturated rings. The molecule has 1 aliphatic heterocycles. The average molecular weight is 497 g/mol. The maximum atomic E-state index is 13.3. The number of amides is 1. The van der Waals surface area contributed by atoms with Crippen LogP contribution in [0.25, 0.3) is 5.76 Å². The molecule has 0 aliphatic carbocycles. The average Bonchev–Trinajstić information content (AvgIpc) is 3.09. The van der Waals surface area contributed by atoms with Crippen molar-refractivity contribution in [3.63, 3.8) is 0 Å². The Balaban J connectivity index is 1.98. The molecule has 1 unspecified atom stereocenters. The molecule has 1 amide bonds. The number of hydrogen-bond acceptors (Lipinski definition) is 5. The van der Waals surface area contributed by atoms with Crippen LogP contribution in [0.1, 0.15) is 17.2 Å². The highest BCUT2D eigenvalue weighted by atomic mass is 35.5. The van der Waals surface area contributed by atoms with Gasteiger partial charge in [0.25, 0.3) is 11.7 Å². The molecule has 6 nitrogen and oxygen atoms in total. The van der Waals surface area contributed by atoms with Crippen molar-refractivity contribution in [1.82, 2.24) is 0 Å². The lowest BCUT2D eigenvalue weighted by Gasteiger charge is -2.26. The van der Waals surface area contributed by atoms with E-state index >= 15 is 0 Å². The number of ketones is 1. The summed E-state index contributed by atoms with van der Waals surface area (Å²) in [5, 5.41) is 11.8. The molecule has 3 aromatic rings. The minimum absolute atomic E-state index is 0.0805. The third-order valence-electron chi connectivity index (χ3n) is 5.67. The lowest BCUT2D eigenvalue weighted by molar-refractivity contribution is -0.132. The third-order valence-corrected chi connectivity index (χ3v) is 6.17. The first-order chi connectivity index (χ1) is 16.2. The molecule has 1 heterocycles. The summed E-state index contributed by atoms with van der Waals surface area (Å²) in [5.74, 6) is -1.83. The van der Waals surface area contributed by atoms with Gasteiger partial charge in [-0.05, 0) is 42.0 Å². The topological polar surface area (TPSA) is 70.1 Å². The number of aliphatic hydroxyl groups excluding tert-OH is 1. The van der Waals surface area contributed by atoms with E-state index < -0.39 is 23.5 Å². The van der Waals surface area contributed by atoms with E-state index in [-0.39, 0.29) is 26.9 Å². The quantitative estimate of drug-likeness (QED) is 0.279. The fourth-order valence-corrected chi connectivity index (χ4v) is 4.62. The summed E-state index contributed by atoms with van der Waals surface area (Å²) in [6, 6.07) is 18.3.